The van der Waals surface area contributed by atoms with E-state index < -0.39 is 0 Å². The number of nitrogens with one attached hydrogen (secondary N) is 1. The van der Waals surface area contributed by atoms with E-state index in [4.69, 9.17) is 0 Å². The van der Waals surface area contributed by atoms with E-state index in [2.05, 4.69) is 5.32 Å². The molecule has 1 amide bonds. The van der Waals surface area contributed by atoms with Gasteiger partial charge in [-0.3, -0.25) is 4.79 Å². The first-order chi connectivity index (χ1) is 5.25. The molecule has 0 bridgehead atoms. The highest BCUT2D eigenvalue weighted by Gasteiger charge is 2.24. The Balaban J connectivity index is 2.39. The molecule has 0 saturated carbocycles. The normalized spacial score (nSPS) is 23.6. The van der Waals surface area contributed by atoms with E-state index in [1.54, 1.807) is 4.90 Å². The second-order valence-electron chi connectivity index (χ2n) is 2.90. The highest BCUT2D eigenvalue weighted by Crippen LogP contribution is 2.12. The van der Waals surface area contributed by atoms with Crippen LogP contribution in [0.2, 0.25) is 0 Å². The fourth-order valence-corrected chi connectivity index (χ4v) is 1.19. The zero-order chi connectivity index (χ0) is 8.27. The van der Waals surface area contributed by atoms with Crippen LogP contribution in [-0.2, 0) is 4.79 Å². The second kappa shape index (κ2) is 3.72. The van der Waals surface area contributed by atoms with E-state index in [9.17, 15) is 4.79 Å². The van der Waals surface area contributed by atoms with Gasteiger partial charge in [-0.15, -0.1) is 0 Å². The standard InChI is InChI=1S/C8H15N2O/c1-3-10(2)8(11)7-4-5-9-6-7/h5,7,9H,3-4,6H2,1-2H3. The lowest BCUT2D eigenvalue weighted by atomic mass is 10.1. The molecule has 1 aliphatic heterocycles. The maximum absolute atomic E-state index is 11.4. The lowest BCUT2D eigenvalue weighted by Gasteiger charge is -2.18. The van der Waals surface area contributed by atoms with Crippen molar-refractivity contribution in [2.24, 2.45) is 5.92 Å². The van der Waals surface area contributed by atoms with Gasteiger partial charge in [0.2, 0.25) is 5.91 Å². The summed E-state index contributed by atoms with van der Waals surface area (Å²) in [5.74, 6) is 0.439. The molecule has 0 spiro atoms. The van der Waals surface area contributed by atoms with Gasteiger partial charge in [0.25, 0.3) is 0 Å². The minimum Gasteiger partial charge on any atom is -0.346 e. The molecule has 0 aromatic rings. The summed E-state index contributed by atoms with van der Waals surface area (Å²) in [6.45, 7) is 5.56. The van der Waals surface area contributed by atoms with Gasteiger partial charge in [0.05, 0.1) is 5.92 Å². The molecule has 1 atom stereocenters. The van der Waals surface area contributed by atoms with E-state index in [0.717, 1.165) is 19.5 Å². The Morgan fingerprint density at radius 3 is 3.00 bits per heavy atom. The van der Waals surface area contributed by atoms with Crippen molar-refractivity contribution in [3.05, 3.63) is 6.54 Å². The maximum Gasteiger partial charge on any atom is 0.226 e. The molecule has 3 nitrogen and oxygen atoms in total. The fourth-order valence-electron chi connectivity index (χ4n) is 1.19. The Hall–Kier alpha value is -0.570. The van der Waals surface area contributed by atoms with Gasteiger partial charge in [-0.25, -0.2) is 0 Å². The van der Waals surface area contributed by atoms with E-state index in [-0.39, 0.29) is 11.8 Å². The third-order valence-electron chi connectivity index (χ3n) is 2.11. The first-order valence-corrected chi connectivity index (χ1v) is 4.05. The van der Waals surface area contributed by atoms with Gasteiger partial charge in [0.15, 0.2) is 0 Å². The molecule has 1 N–H and O–H groups in total. The van der Waals surface area contributed by atoms with Gasteiger partial charge in [-0.2, -0.15) is 0 Å². The molecule has 0 aliphatic carbocycles. The number of amides is 1. The van der Waals surface area contributed by atoms with Crippen LogP contribution in [0.3, 0.4) is 0 Å². The van der Waals surface area contributed by atoms with Crippen LogP contribution in [0.15, 0.2) is 0 Å². The Bertz CT molecular complexity index is 141. The van der Waals surface area contributed by atoms with Gasteiger partial charge >= 0.3 is 0 Å². The molecule has 1 aliphatic rings. The molecule has 1 radical (unpaired) electrons. The average molecular weight is 155 g/mol. The topological polar surface area (TPSA) is 32.3 Å². The highest BCUT2D eigenvalue weighted by molar-refractivity contribution is 5.79. The van der Waals surface area contributed by atoms with Crippen molar-refractivity contribution in [3.63, 3.8) is 0 Å². The van der Waals surface area contributed by atoms with Crippen LogP contribution < -0.4 is 5.32 Å². The minimum atomic E-state index is 0.181. The molecule has 1 unspecified atom stereocenters. The molecule has 1 fully saturated rings. The molecule has 0 aromatic heterocycles. The van der Waals surface area contributed by atoms with Crippen molar-refractivity contribution >= 4 is 5.91 Å². The summed E-state index contributed by atoms with van der Waals surface area (Å²) in [5.41, 5.74) is 0. The Labute approximate surface area is 67.8 Å². The van der Waals surface area contributed by atoms with Crippen LogP contribution in [0.1, 0.15) is 13.3 Å². The van der Waals surface area contributed by atoms with E-state index in [1.165, 1.54) is 0 Å². The van der Waals surface area contributed by atoms with Crippen molar-refractivity contribution in [1.82, 2.24) is 10.2 Å². The van der Waals surface area contributed by atoms with Crippen LogP contribution in [-0.4, -0.2) is 30.9 Å². The average Bonchev–Trinajstić information content (AvgIpc) is 2.53. The zero-order valence-electron chi connectivity index (χ0n) is 7.13. The second-order valence-corrected chi connectivity index (χ2v) is 2.90. The molecule has 1 rings (SSSR count). The highest BCUT2D eigenvalue weighted by atomic mass is 16.2. The zero-order valence-corrected chi connectivity index (χ0v) is 7.13. The molecule has 0 aromatic carbocycles. The number of rotatable bonds is 2. The Morgan fingerprint density at radius 2 is 2.55 bits per heavy atom. The summed E-state index contributed by atoms with van der Waals surface area (Å²) >= 11 is 0. The van der Waals surface area contributed by atoms with Crippen molar-refractivity contribution < 1.29 is 4.79 Å². The molecule has 11 heavy (non-hydrogen) atoms. The Morgan fingerprint density at radius 1 is 1.82 bits per heavy atom. The number of hydrogen-bond donors (Lipinski definition) is 1. The lowest BCUT2D eigenvalue weighted by Crippen LogP contribution is -2.33. The molecule has 1 saturated heterocycles. The van der Waals surface area contributed by atoms with Crippen LogP contribution in [0, 0.1) is 12.5 Å². The van der Waals surface area contributed by atoms with Crippen LogP contribution in [0.25, 0.3) is 0 Å². The molecular formula is C8H15N2O. The summed E-state index contributed by atoms with van der Waals surface area (Å²) < 4.78 is 0. The summed E-state index contributed by atoms with van der Waals surface area (Å²) in [4.78, 5) is 13.2. The number of nitrogens with zero attached hydrogens (tertiary/aromatic N) is 1. The lowest BCUT2D eigenvalue weighted by molar-refractivity contribution is -0.133. The van der Waals surface area contributed by atoms with Crippen LogP contribution >= 0.6 is 0 Å². The predicted octanol–water partition coefficient (Wildman–Crippen LogP) is 0.236. The van der Waals surface area contributed by atoms with E-state index in [1.807, 2.05) is 20.5 Å². The number of carbonyl (C=O) groups is 1. The smallest absolute Gasteiger partial charge is 0.226 e. The SMILES string of the molecule is CCN(C)C(=O)C1C[CH]NC1. The van der Waals surface area contributed by atoms with Crippen molar-refractivity contribution in [1.29, 1.82) is 0 Å². The van der Waals surface area contributed by atoms with Gasteiger partial charge in [-0.1, -0.05) is 0 Å². The quantitative estimate of drug-likeness (QED) is 0.619. The molecule has 1 heterocycles. The van der Waals surface area contributed by atoms with Crippen molar-refractivity contribution in [3.8, 4) is 0 Å². The first-order valence-electron chi connectivity index (χ1n) is 4.05. The van der Waals surface area contributed by atoms with Crippen molar-refractivity contribution in [2.75, 3.05) is 20.1 Å². The maximum atomic E-state index is 11.4. The minimum absolute atomic E-state index is 0.181. The van der Waals surface area contributed by atoms with Crippen LogP contribution in [0.5, 0.6) is 0 Å². The van der Waals surface area contributed by atoms with Crippen LogP contribution in [0.4, 0.5) is 0 Å². The summed E-state index contributed by atoms with van der Waals surface area (Å²) in [6.07, 6.45) is 0.878. The molecular weight excluding hydrogens is 140 g/mol. The van der Waals surface area contributed by atoms with Crippen molar-refractivity contribution in [2.45, 2.75) is 13.3 Å². The monoisotopic (exact) mass is 155 g/mol. The summed E-state index contributed by atoms with van der Waals surface area (Å²) in [7, 11) is 1.85. The fraction of sp³-hybridized carbons (Fsp3) is 0.750. The summed E-state index contributed by atoms with van der Waals surface area (Å²) in [6, 6.07) is 0. The third kappa shape index (κ3) is 1.93. The largest absolute Gasteiger partial charge is 0.346 e. The molecule has 63 valence electrons. The van der Waals surface area contributed by atoms with Gasteiger partial charge in [-0.05, 0) is 13.3 Å². The third-order valence-corrected chi connectivity index (χ3v) is 2.11. The number of carbonyl (C=O) groups excluding carboxylic acids is 1. The van der Waals surface area contributed by atoms with E-state index >= 15 is 0 Å². The van der Waals surface area contributed by atoms with Gasteiger partial charge < -0.3 is 10.2 Å². The number of hydrogen-bond acceptors (Lipinski definition) is 2. The van der Waals surface area contributed by atoms with Gasteiger partial charge in [0, 0.05) is 26.7 Å². The Kier molecular flexibility index (Phi) is 2.88. The molecule has 3 heteroatoms. The van der Waals surface area contributed by atoms with E-state index in [0.29, 0.717) is 0 Å². The summed E-state index contributed by atoms with van der Waals surface area (Å²) in [5, 5.41) is 3.06. The van der Waals surface area contributed by atoms with Gasteiger partial charge in [0.1, 0.15) is 0 Å². The first kappa shape index (κ1) is 8.53. The predicted molar refractivity (Wildman–Crippen MR) is 43.7 cm³/mol.